The summed E-state index contributed by atoms with van der Waals surface area (Å²) in [6.07, 6.45) is 6.11. The SMILES string of the molecule is CC(=O)c1cc2c(o1)C=CC(C)=CC2C. The summed E-state index contributed by atoms with van der Waals surface area (Å²) >= 11 is 0. The minimum Gasteiger partial charge on any atom is -0.453 e. The number of hydrogen-bond donors (Lipinski definition) is 0. The van der Waals surface area contributed by atoms with Gasteiger partial charge in [0.2, 0.25) is 0 Å². The van der Waals surface area contributed by atoms with Gasteiger partial charge in [-0.3, -0.25) is 4.79 Å². The number of rotatable bonds is 1. The van der Waals surface area contributed by atoms with Gasteiger partial charge in [-0.05, 0) is 19.1 Å². The Morgan fingerprint density at radius 1 is 1.40 bits per heavy atom. The molecule has 0 N–H and O–H groups in total. The standard InChI is InChI=1S/C13H14O2/c1-8-4-5-12-11(9(2)6-8)7-13(15-12)10(3)14/h4-7,9H,1-3H3. The highest BCUT2D eigenvalue weighted by molar-refractivity contribution is 5.92. The zero-order valence-electron chi connectivity index (χ0n) is 9.20. The first-order valence-corrected chi connectivity index (χ1v) is 5.09. The number of allylic oxidation sites excluding steroid dienone is 3. The second-order valence-electron chi connectivity index (χ2n) is 4.02. The van der Waals surface area contributed by atoms with Gasteiger partial charge in [0.15, 0.2) is 11.5 Å². The number of hydrogen-bond acceptors (Lipinski definition) is 2. The first kappa shape index (κ1) is 9.97. The summed E-state index contributed by atoms with van der Waals surface area (Å²) in [6.45, 7) is 5.69. The van der Waals surface area contributed by atoms with E-state index in [9.17, 15) is 4.79 Å². The molecule has 0 saturated carbocycles. The average molecular weight is 202 g/mol. The first-order chi connectivity index (χ1) is 7.08. The zero-order chi connectivity index (χ0) is 11.0. The maximum absolute atomic E-state index is 11.2. The number of furan rings is 1. The second kappa shape index (κ2) is 3.54. The van der Waals surface area contributed by atoms with Gasteiger partial charge in [-0.25, -0.2) is 0 Å². The third-order valence-electron chi connectivity index (χ3n) is 2.64. The fraction of sp³-hybridized carbons (Fsp3) is 0.308. The van der Waals surface area contributed by atoms with Crippen molar-refractivity contribution in [3.05, 3.63) is 40.9 Å². The van der Waals surface area contributed by atoms with Crippen LogP contribution in [0, 0.1) is 0 Å². The molecule has 0 bridgehead atoms. The van der Waals surface area contributed by atoms with E-state index in [0.717, 1.165) is 11.3 Å². The van der Waals surface area contributed by atoms with Gasteiger partial charge in [-0.1, -0.05) is 24.6 Å². The Morgan fingerprint density at radius 2 is 2.13 bits per heavy atom. The van der Waals surface area contributed by atoms with Crippen LogP contribution in [0.1, 0.15) is 48.6 Å². The Kier molecular flexibility index (Phi) is 2.35. The number of carbonyl (C=O) groups excluding carboxylic acids is 1. The van der Waals surface area contributed by atoms with E-state index in [1.807, 2.05) is 18.2 Å². The summed E-state index contributed by atoms with van der Waals surface area (Å²) in [6, 6.07) is 1.85. The molecule has 0 amide bonds. The van der Waals surface area contributed by atoms with Gasteiger partial charge in [-0.2, -0.15) is 0 Å². The molecule has 0 fully saturated rings. The predicted octanol–water partition coefficient (Wildman–Crippen LogP) is 3.56. The Labute approximate surface area is 89.3 Å². The maximum Gasteiger partial charge on any atom is 0.194 e. The van der Waals surface area contributed by atoms with Crippen LogP contribution in [0.5, 0.6) is 0 Å². The summed E-state index contributed by atoms with van der Waals surface area (Å²) in [5.41, 5.74) is 2.31. The Balaban J connectivity index is 2.50. The molecule has 1 unspecified atom stereocenters. The van der Waals surface area contributed by atoms with Gasteiger partial charge in [0.1, 0.15) is 5.76 Å². The highest BCUT2D eigenvalue weighted by atomic mass is 16.3. The van der Waals surface area contributed by atoms with Crippen LogP contribution in [-0.4, -0.2) is 5.78 Å². The van der Waals surface area contributed by atoms with Crippen molar-refractivity contribution in [2.75, 3.05) is 0 Å². The van der Waals surface area contributed by atoms with Crippen LogP contribution in [0.15, 0.2) is 28.2 Å². The van der Waals surface area contributed by atoms with Gasteiger partial charge in [-0.15, -0.1) is 0 Å². The van der Waals surface area contributed by atoms with E-state index >= 15 is 0 Å². The van der Waals surface area contributed by atoms with Crippen molar-refractivity contribution in [3.8, 4) is 0 Å². The summed E-state index contributed by atoms with van der Waals surface area (Å²) < 4.78 is 5.50. The van der Waals surface area contributed by atoms with Crippen molar-refractivity contribution in [1.29, 1.82) is 0 Å². The van der Waals surface area contributed by atoms with E-state index < -0.39 is 0 Å². The van der Waals surface area contributed by atoms with Gasteiger partial charge >= 0.3 is 0 Å². The van der Waals surface area contributed by atoms with E-state index in [-0.39, 0.29) is 5.78 Å². The molecule has 2 rings (SSSR count). The minimum atomic E-state index is -0.0237. The molecule has 0 radical (unpaired) electrons. The molecule has 1 heterocycles. The Morgan fingerprint density at radius 3 is 2.80 bits per heavy atom. The lowest BCUT2D eigenvalue weighted by molar-refractivity contribution is 0.0987. The lowest BCUT2D eigenvalue weighted by Crippen LogP contribution is -1.89. The third-order valence-corrected chi connectivity index (χ3v) is 2.64. The van der Waals surface area contributed by atoms with E-state index in [0.29, 0.717) is 11.7 Å². The molecule has 0 aliphatic heterocycles. The topological polar surface area (TPSA) is 30.2 Å². The van der Waals surface area contributed by atoms with Crippen LogP contribution in [0.3, 0.4) is 0 Å². The van der Waals surface area contributed by atoms with E-state index in [4.69, 9.17) is 4.42 Å². The smallest absolute Gasteiger partial charge is 0.194 e. The third kappa shape index (κ3) is 1.80. The molecule has 1 aliphatic rings. The lowest BCUT2D eigenvalue weighted by Gasteiger charge is -2.02. The maximum atomic E-state index is 11.2. The van der Waals surface area contributed by atoms with Gasteiger partial charge in [0, 0.05) is 18.4 Å². The van der Waals surface area contributed by atoms with Gasteiger partial charge < -0.3 is 4.42 Å². The first-order valence-electron chi connectivity index (χ1n) is 5.09. The lowest BCUT2D eigenvalue weighted by atomic mass is 10.0. The Bertz CT molecular complexity index is 461. The number of carbonyl (C=O) groups is 1. The Hall–Kier alpha value is -1.57. The van der Waals surface area contributed by atoms with Gasteiger partial charge in [0.25, 0.3) is 0 Å². The number of fused-ring (bicyclic) bond motifs is 1. The molecule has 0 aromatic carbocycles. The molecule has 15 heavy (non-hydrogen) atoms. The van der Waals surface area contributed by atoms with Crippen molar-refractivity contribution in [3.63, 3.8) is 0 Å². The van der Waals surface area contributed by atoms with Crippen molar-refractivity contribution in [2.45, 2.75) is 26.7 Å². The van der Waals surface area contributed by atoms with Crippen LogP contribution in [-0.2, 0) is 0 Å². The second-order valence-corrected chi connectivity index (χ2v) is 4.02. The summed E-state index contributed by atoms with van der Waals surface area (Å²) in [7, 11) is 0. The zero-order valence-corrected chi connectivity index (χ0v) is 9.20. The van der Waals surface area contributed by atoms with Crippen LogP contribution in [0.25, 0.3) is 6.08 Å². The molecule has 1 aliphatic carbocycles. The van der Waals surface area contributed by atoms with Crippen molar-refractivity contribution >= 4 is 11.9 Å². The monoisotopic (exact) mass is 202 g/mol. The molecule has 0 saturated heterocycles. The fourth-order valence-corrected chi connectivity index (χ4v) is 1.83. The van der Waals surface area contributed by atoms with Crippen molar-refractivity contribution < 1.29 is 9.21 Å². The molecule has 1 aromatic rings. The molecule has 0 spiro atoms. The normalized spacial score (nSPS) is 19.4. The molecule has 1 aromatic heterocycles. The van der Waals surface area contributed by atoms with Crippen molar-refractivity contribution in [1.82, 2.24) is 0 Å². The largest absolute Gasteiger partial charge is 0.453 e. The average Bonchev–Trinajstić information content (AvgIpc) is 2.53. The highest BCUT2D eigenvalue weighted by Gasteiger charge is 2.17. The number of Topliss-reactive ketones (excluding diaryl/α,β-unsaturated/α-hetero) is 1. The van der Waals surface area contributed by atoms with Crippen LogP contribution >= 0.6 is 0 Å². The van der Waals surface area contributed by atoms with Crippen LogP contribution in [0.2, 0.25) is 0 Å². The van der Waals surface area contributed by atoms with Gasteiger partial charge in [0.05, 0.1) is 0 Å². The molecule has 1 atom stereocenters. The molecule has 78 valence electrons. The quantitative estimate of drug-likeness (QED) is 0.652. The van der Waals surface area contributed by atoms with E-state index in [1.54, 1.807) is 0 Å². The fourth-order valence-electron chi connectivity index (χ4n) is 1.83. The molecular weight excluding hydrogens is 188 g/mol. The molecular formula is C13H14O2. The summed E-state index contributed by atoms with van der Waals surface area (Å²) in [4.78, 5) is 11.2. The highest BCUT2D eigenvalue weighted by Crippen LogP contribution is 2.30. The summed E-state index contributed by atoms with van der Waals surface area (Å²) in [5.74, 6) is 1.53. The van der Waals surface area contributed by atoms with Crippen LogP contribution < -0.4 is 0 Å². The van der Waals surface area contributed by atoms with E-state index in [2.05, 4.69) is 19.9 Å². The molecule has 2 heteroatoms. The van der Waals surface area contributed by atoms with Crippen LogP contribution in [0.4, 0.5) is 0 Å². The molecule has 2 nitrogen and oxygen atoms in total. The van der Waals surface area contributed by atoms with Crippen molar-refractivity contribution in [2.24, 2.45) is 0 Å². The van der Waals surface area contributed by atoms with E-state index in [1.165, 1.54) is 12.5 Å². The summed E-state index contributed by atoms with van der Waals surface area (Å²) in [5, 5.41) is 0. The number of ketones is 1. The predicted molar refractivity (Wildman–Crippen MR) is 59.9 cm³/mol. The minimum absolute atomic E-state index is 0.0237.